The Morgan fingerprint density at radius 1 is 1.20 bits per heavy atom. The number of sulfonamides is 1. The van der Waals surface area contributed by atoms with Gasteiger partial charge in [-0.3, -0.25) is 0 Å². The Kier molecular flexibility index (Phi) is 5.26. The molecule has 3 rings (SSSR count). The maximum absolute atomic E-state index is 12.6. The Balaban J connectivity index is 1.89. The van der Waals surface area contributed by atoms with E-state index in [1.807, 2.05) is 22.2 Å². The van der Waals surface area contributed by atoms with Gasteiger partial charge in [0.1, 0.15) is 11.4 Å². The second-order valence-corrected chi connectivity index (χ2v) is 8.85. The summed E-state index contributed by atoms with van der Waals surface area (Å²) < 4.78 is 32.8. The minimum Gasteiger partial charge on any atom is -0.497 e. The third-order valence-electron chi connectivity index (χ3n) is 3.80. The normalized spacial score (nSPS) is 14.2. The smallest absolute Gasteiger partial charge is 0.240 e. The fourth-order valence-electron chi connectivity index (χ4n) is 2.40. The summed E-state index contributed by atoms with van der Waals surface area (Å²) in [7, 11) is -2.31. The van der Waals surface area contributed by atoms with E-state index in [9.17, 15) is 13.5 Å². The molecule has 132 valence electrons. The van der Waals surface area contributed by atoms with Crippen LogP contribution in [0.3, 0.4) is 0 Å². The van der Waals surface area contributed by atoms with Crippen molar-refractivity contribution < 1.29 is 18.3 Å². The summed E-state index contributed by atoms with van der Waals surface area (Å²) >= 11 is 2.83. The van der Waals surface area contributed by atoms with Gasteiger partial charge in [0, 0.05) is 23.1 Å². The third kappa shape index (κ3) is 3.78. The first kappa shape index (κ1) is 18.1. The van der Waals surface area contributed by atoms with Crippen LogP contribution in [0.4, 0.5) is 0 Å². The molecule has 0 saturated carbocycles. The molecule has 0 fully saturated rings. The molecule has 25 heavy (non-hydrogen) atoms. The average molecular weight is 396 g/mol. The SMILES string of the molecule is COc1cccc(S(=O)(=O)NC[C@](O)(c2ccsc2)c2cccs2)c1. The summed E-state index contributed by atoms with van der Waals surface area (Å²) in [5, 5.41) is 16.7. The molecule has 0 spiro atoms. The van der Waals surface area contributed by atoms with E-state index in [4.69, 9.17) is 4.74 Å². The molecule has 0 aliphatic carbocycles. The van der Waals surface area contributed by atoms with Gasteiger partial charge in [-0.15, -0.1) is 11.3 Å². The van der Waals surface area contributed by atoms with Gasteiger partial charge < -0.3 is 9.84 Å². The van der Waals surface area contributed by atoms with Crippen LogP contribution in [-0.2, 0) is 15.6 Å². The molecule has 8 heteroatoms. The lowest BCUT2D eigenvalue weighted by Gasteiger charge is -2.27. The summed E-state index contributed by atoms with van der Waals surface area (Å²) in [6, 6.07) is 11.6. The Bertz CT molecular complexity index is 884. The van der Waals surface area contributed by atoms with E-state index in [1.165, 1.54) is 41.9 Å². The molecular weight excluding hydrogens is 378 g/mol. The van der Waals surface area contributed by atoms with E-state index in [0.29, 0.717) is 16.2 Å². The highest BCUT2D eigenvalue weighted by molar-refractivity contribution is 7.89. The molecule has 0 amide bonds. The van der Waals surface area contributed by atoms with Crippen LogP contribution in [0.15, 0.2) is 63.5 Å². The van der Waals surface area contributed by atoms with Crippen LogP contribution in [-0.4, -0.2) is 27.2 Å². The van der Waals surface area contributed by atoms with E-state index in [2.05, 4.69) is 4.72 Å². The highest BCUT2D eigenvalue weighted by atomic mass is 32.2. The lowest BCUT2D eigenvalue weighted by Crippen LogP contribution is -2.40. The van der Waals surface area contributed by atoms with Crippen molar-refractivity contribution in [2.75, 3.05) is 13.7 Å². The molecule has 2 N–H and O–H groups in total. The van der Waals surface area contributed by atoms with Gasteiger partial charge in [0.2, 0.25) is 10.0 Å². The van der Waals surface area contributed by atoms with E-state index in [1.54, 1.807) is 24.3 Å². The van der Waals surface area contributed by atoms with Crippen molar-refractivity contribution in [3.05, 3.63) is 69.0 Å². The molecule has 5 nitrogen and oxygen atoms in total. The van der Waals surface area contributed by atoms with Crippen LogP contribution in [0.25, 0.3) is 0 Å². The quantitative estimate of drug-likeness (QED) is 0.645. The minimum atomic E-state index is -3.79. The maximum Gasteiger partial charge on any atom is 0.240 e. The van der Waals surface area contributed by atoms with Gasteiger partial charge in [0.15, 0.2) is 0 Å². The summed E-state index contributed by atoms with van der Waals surface area (Å²) in [5.74, 6) is 0.453. The van der Waals surface area contributed by atoms with Crippen molar-refractivity contribution in [1.82, 2.24) is 4.72 Å². The van der Waals surface area contributed by atoms with Crippen LogP contribution in [0.2, 0.25) is 0 Å². The van der Waals surface area contributed by atoms with Crippen molar-refractivity contribution in [3.63, 3.8) is 0 Å². The van der Waals surface area contributed by atoms with Crippen molar-refractivity contribution in [2.24, 2.45) is 0 Å². The zero-order valence-corrected chi connectivity index (χ0v) is 15.8. The number of benzene rings is 1. The molecule has 0 bridgehead atoms. The van der Waals surface area contributed by atoms with Crippen LogP contribution in [0.5, 0.6) is 5.75 Å². The number of nitrogens with one attached hydrogen (secondary N) is 1. The predicted molar refractivity (Wildman–Crippen MR) is 99.8 cm³/mol. The van der Waals surface area contributed by atoms with E-state index < -0.39 is 15.6 Å². The van der Waals surface area contributed by atoms with Crippen molar-refractivity contribution >= 4 is 32.7 Å². The zero-order valence-electron chi connectivity index (χ0n) is 13.4. The summed E-state index contributed by atoms with van der Waals surface area (Å²) in [6.45, 7) is -0.163. The molecule has 0 radical (unpaired) electrons. The maximum atomic E-state index is 12.6. The fraction of sp³-hybridized carbons (Fsp3) is 0.176. The zero-order chi connectivity index (χ0) is 17.9. The van der Waals surface area contributed by atoms with Crippen LogP contribution in [0.1, 0.15) is 10.4 Å². The first-order valence-corrected chi connectivity index (χ1v) is 10.7. The summed E-state index contributed by atoms with van der Waals surface area (Å²) in [5.41, 5.74) is -0.756. The van der Waals surface area contributed by atoms with Gasteiger partial charge in [0.05, 0.1) is 12.0 Å². The number of rotatable bonds is 7. The van der Waals surface area contributed by atoms with Crippen molar-refractivity contribution in [2.45, 2.75) is 10.5 Å². The topological polar surface area (TPSA) is 75.6 Å². The lowest BCUT2D eigenvalue weighted by atomic mass is 9.95. The first-order chi connectivity index (χ1) is 12.0. The van der Waals surface area contributed by atoms with Crippen LogP contribution >= 0.6 is 22.7 Å². The fourth-order valence-corrected chi connectivity index (χ4v) is 5.06. The molecule has 1 atom stereocenters. The Hall–Kier alpha value is -1.71. The van der Waals surface area contributed by atoms with Gasteiger partial charge in [-0.25, -0.2) is 13.1 Å². The molecule has 2 aromatic heterocycles. The van der Waals surface area contributed by atoms with Gasteiger partial charge in [-0.1, -0.05) is 12.1 Å². The molecule has 0 aliphatic rings. The van der Waals surface area contributed by atoms with Crippen molar-refractivity contribution in [1.29, 1.82) is 0 Å². The number of aliphatic hydroxyl groups is 1. The number of hydrogen-bond donors (Lipinski definition) is 2. The molecule has 0 aliphatic heterocycles. The van der Waals surface area contributed by atoms with Gasteiger partial charge in [-0.05, 0) is 40.4 Å². The number of thiophene rings is 2. The third-order valence-corrected chi connectivity index (χ3v) is 6.90. The number of ether oxygens (including phenoxy) is 1. The molecule has 0 unspecified atom stereocenters. The van der Waals surface area contributed by atoms with Crippen molar-refractivity contribution in [3.8, 4) is 5.75 Å². The second-order valence-electron chi connectivity index (χ2n) is 5.35. The van der Waals surface area contributed by atoms with E-state index in [0.717, 1.165) is 0 Å². The summed E-state index contributed by atoms with van der Waals surface area (Å²) in [6.07, 6.45) is 0. The van der Waals surface area contributed by atoms with Gasteiger partial charge in [0.25, 0.3) is 0 Å². The average Bonchev–Trinajstić information content (AvgIpc) is 3.33. The number of methoxy groups -OCH3 is 1. The first-order valence-electron chi connectivity index (χ1n) is 7.38. The lowest BCUT2D eigenvalue weighted by molar-refractivity contribution is 0.0903. The van der Waals surface area contributed by atoms with E-state index in [-0.39, 0.29) is 11.4 Å². The highest BCUT2D eigenvalue weighted by Gasteiger charge is 2.34. The minimum absolute atomic E-state index is 0.0886. The second kappa shape index (κ2) is 7.27. The molecule has 0 saturated heterocycles. The predicted octanol–water partition coefficient (Wildman–Crippen LogP) is 3.03. The molecule has 2 heterocycles. The van der Waals surface area contributed by atoms with E-state index >= 15 is 0 Å². The monoisotopic (exact) mass is 395 g/mol. The molecular formula is C17H17NO4S3. The molecule has 1 aromatic carbocycles. The Labute approximate surface area is 154 Å². The molecule has 3 aromatic rings. The summed E-state index contributed by atoms with van der Waals surface area (Å²) in [4.78, 5) is 0.768. The van der Waals surface area contributed by atoms with Gasteiger partial charge >= 0.3 is 0 Å². The largest absolute Gasteiger partial charge is 0.497 e. The van der Waals surface area contributed by atoms with Gasteiger partial charge in [-0.2, -0.15) is 11.3 Å². The Morgan fingerprint density at radius 3 is 2.68 bits per heavy atom. The van der Waals surface area contributed by atoms with Crippen LogP contribution < -0.4 is 9.46 Å². The van der Waals surface area contributed by atoms with Crippen LogP contribution in [0, 0.1) is 0 Å². The standard InChI is InChI=1S/C17H17NO4S3/c1-22-14-4-2-5-15(10-14)25(20,21)18-12-17(19,13-7-9-23-11-13)16-6-3-8-24-16/h2-11,18-19H,12H2,1H3/t17-/m0/s1. The Morgan fingerprint density at radius 2 is 2.04 bits per heavy atom. The highest BCUT2D eigenvalue weighted by Crippen LogP contribution is 2.34. The number of hydrogen-bond acceptors (Lipinski definition) is 6.